The van der Waals surface area contributed by atoms with Crippen LogP contribution in [0.1, 0.15) is 26.2 Å². The maximum Gasteiger partial charge on any atom is 0.251 e. The highest BCUT2D eigenvalue weighted by atomic mass is 16.2. The van der Waals surface area contributed by atoms with Crippen molar-refractivity contribution in [2.75, 3.05) is 18.5 Å². The topological polar surface area (TPSA) is 40.6 Å². The molecule has 0 saturated carbocycles. The monoisotopic (exact) mass is 260 g/mol. The smallest absolute Gasteiger partial charge is 0.251 e. The molecule has 1 aliphatic heterocycles. The van der Waals surface area contributed by atoms with E-state index in [4.69, 9.17) is 0 Å². The number of carbonyl (C=O) groups excluding carboxylic acids is 2. The first kappa shape index (κ1) is 13.7. The summed E-state index contributed by atoms with van der Waals surface area (Å²) < 4.78 is 0. The van der Waals surface area contributed by atoms with E-state index in [1.165, 1.54) is 4.90 Å². The molecule has 2 amide bonds. The predicted molar refractivity (Wildman–Crippen MR) is 74.9 cm³/mol. The van der Waals surface area contributed by atoms with Crippen molar-refractivity contribution in [2.45, 2.75) is 32.2 Å². The summed E-state index contributed by atoms with van der Waals surface area (Å²) in [6.45, 7) is 2.97. The molecule has 4 heteroatoms. The van der Waals surface area contributed by atoms with Gasteiger partial charge in [0.15, 0.2) is 0 Å². The summed E-state index contributed by atoms with van der Waals surface area (Å²) in [6, 6.07) is 8.83. The minimum Gasteiger partial charge on any atom is -0.295 e. The van der Waals surface area contributed by atoms with Crippen molar-refractivity contribution >= 4 is 17.5 Å². The lowest BCUT2D eigenvalue weighted by Gasteiger charge is -2.22. The molecule has 1 atom stereocenters. The van der Waals surface area contributed by atoms with Gasteiger partial charge < -0.3 is 0 Å². The Morgan fingerprint density at radius 3 is 2.58 bits per heavy atom. The molecule has 4 nitrogen and oxygen atoms in total. The van der Waals surface area contributed by atoms with Crippen LogP contribution in [0.2, 0.25) is 0 Å². The molecular weight excluding hydrogens is 240 g/mol. The molecule has 1 heterocycles. The average molecular weight is 260 g/mol. The fourth-order valence-electron chi connectivity index (χ4n) is 2.37. The molecular formula is C15H20N2O2. The van der Waals surface area contributed by atoms with Crippen LogP contribution in [0, 0.1) is 0 Å². The van der Waals surface area contributed by atoms with E-state index in [1.807, 2.05) is 30.1 Å². The SMILES string of the molecule is CCCCN(C)C1CC(=O)N(c2ccccc2)C1=O. The van der Waals surface area contributed by atoms with Crippen molar-refractivity contribution in [3.8, 4) is 0 Å². The van der Waals surface area contributed by atoms with Gasteiger partial charge in [0.2, 0.25) is 5.91 Å². The number of nitrogens with zero attached hydrogens (tertiary/aromatic N) is 2. The molecule has 0 aliphatic carbocycles. The Morgan fingerprint density at radius 2 is 1.95 bits per heavy atom. The summed E-state index contributed by atoms with van der Waals surface area (Å²) >= 11 is 0. The van der Waals surface area contributed by atoms with Crippen LogP contribution < -0.4 is 4.90 Å². The number of hydrogen-bond donors (Lipinski definition) is 0. The lowest BCUT2D eigenvalue weighted by molar-refractivity contribution is -0.122. The van der Waals surface area contributed by atoms with Crippen molar-refractivity contribution in [1.82, 2.24) is 4.90 Å². The second-order valence-electron chi connectivity index (χ2n) is 4.96. The summed E-state index contributed by atoms with van der Waals surface area (Å²) in [7, 11) is 1.92. The largest absolute Gasteiger partial charge is 0.295 e. The number of benzene rings is 1. The Morgan fingerprint density at radius 1 is 1.26 bits per heavy atom. The van der Waals surface area contributed by atoms with E-state index in [0.29, 0.717) is 5.69 Å². The quantitative estimate of drug-likeness (QED) is 0.761. The first-order chi connectivity index (χ1) is 9.15. The van der Waals surface area contributed by atoms with Gasteiger partial charge in [0.25, 0.3) is 5.91 Å². The van der Waals surface area contributed by atoms with E-state index in [2.05, 4.69) is 6.92 Å². The van der Waals surface area contributed by atoms with Gasteiger partial charge in [-0.2, -0.15) is 0 Å². The summed E-state index contributed by atoms with van der Waals surface area (Å²) in [5.41, 5.74) is 0.670. The lowest BCUT2D eigenvalue weighted by atomic mass is 10.2. The van der Waals surface area contributed by atoms with Gasteiger partial charge in [0, 0.05) is 0 Å². The molecule has 0 aromatic heterocycles. The highest BCUT2D eigenvalue weighted by Gasteiger charge is 2.41. The molecule has 102 valence electrons. The summed E-state index contributed by atoms with van der Waals surface area (Å²) in [4.78, 5) is 27.7. The van der Waals surface area contributed by atoms with Crippen molar-refractivity contribution in [3.05, 3.63) is 30.3 Å². The Balaban J connectivity index is 2.13. The number of likely N-dealkylation sites (N-methyl/N-ethyl adjacent to an activating group) is 1. The maximum atomic E-state index is 12.4. The fraction of sp³-hybridized carbons (Fsp3) is 0.467. The molecule has 2 rings (SSSR count). The zero-order valence-electron chi connectivity index (χ0n) is 11.5. The molecule has 0 spiro atoms. The molecule has 1 unspecified atom stereocenters. The predicted octanol–water partition coefficient (Wildman–Crippen LogP) is 2.05. The van der Waals surface area contributed by atoms with Gasteiger partial charge in [-0.15, -0.1) is 0 Å². The van der Waals surface area contributed by atoms with Crippen molar-refractivity contribution in [2.24, 2.45) is 0 Å². The summed E-state index contributed by atoms with van der Waals surface area (Å²) in [5.74, 6) is -0.209. The molecule has 0 radical (unpaired) electrons. The highest BCUT2D eigenvalue weighted by Crippen LogP contribution is 2.24. The number of hydrogen-bond acceptors (Lipinski definition) is 3. The Labute approximate surface area is 114 Å². The molecule has 0 N–H and O–H groups in total. The first-order valence-corrected chi connectivity index (χ1v) is 6.77. The number of carbonyl (C=O) groups is 2. The lowest BCUT2D eigenvalue weighted by Crippen LogP contribution is -2.40. The van der Waals surface area contributed by atoms with Gasteiger partial charge in [0.05, 0.1) is 18.2 Å². The number of rotatable bonds is 5. The molecule has 1 aliphatic rings. The van der Waals surface area contributed by atoms with Gasteiger partial charge in [-0.25, -0.2) is 4.90 Å². The van der Waals surface area contributed by atoms with Gasteiger partial charge in [-0.05, 0) is 32.1 Å². The van der Waals surface area contributed by atoms with Crippen LogP contribution in [0.15, 0.2) is 30.3 Å². The minimum atomic E-state index is -0.306. The van der Waals surface area contributed by atoms with Crippen LogP contribution in [-0.4, -0.2) is 36.3 Å². The van der Waals surface area contributed by atoms with Crippen molar-refractivity contribution in [3.63, 3.8) is 0 Å². The Kier molecular flexibility index (Phi) is 4.32. The number of anilines is 1. The summed E-state index contributed by atoms with van der Waals surface area (Å²) in [5, 5.41) is 0. The maximum absolute atomic E-state index is 12.4. The third-order valence-electron chi connectivity index (χ3n) is 3.53. The van der Waals surface area contributed by atoms with Gasteiger partial charge in [-0.1, -0.05) is 31.5 Å². The van der Waals surface area contributed by atoms with Crippen LogP contribution in [0.4, 0.5) is 5.69 Å². The number of imide groups is 1. The Bertz CT molecular complexity index is 458. The van der Waals surface area contributed by atoms with Crippen LogP contribution >= 0.6 is 0 Å². The molecule has 1 fully saturated rings. The van der Waals surface area contributed by atoms with Crippen LogP contribution in [0.3, 0.4) is 0 Å². The van der Waals surface area contributed by atoms with Gasteiger partial charge >= 0.3 is 0 Å². The molecule has 1 aromatic carbocycles. The third-order valence-corrected chi connectivity index (χ3v) is 3.53. The van der Waals surface area contributed by atoms with E-state index in [0.717, 1.165) is 19.4 Å². The average Bonchev–Trinajstić information content (AvgIpc) is 2.72. The Hall–Kier alpha value is -1.68. The molecule has 0 bridgehead atoms. The third kappa shape index (κ3) is 2.84. The second-order valence-corrected chi connectivity index (χ2v) is 4.96. The number of para-hydroxylation sites is 1. The van der Waals surface area contributed by atoms with Crippen LogP contribution in [0.5, 0.6) is 0 Å². The fourth-order valence-corrected chi connectivity index (χ4v) is 2.37. The molecule has 1 saturated heterocycles. The minimum absolute atomic E-state index is 0.102. The van der Waals surface area contributed by atoms with Gasteiger partial charge in [-0.3, -0.25) is 14.5 Å². The first-order valence-electron chi connectivity index (χ1n) is 6.77. The number of amides is 2. The molecule has 19 heavy (non-hydrogen) atoms. The summed E-state index contributed by atoms with van der Waals surface area (Å²) in [6.07, 6.45) is 2.41. The highest BCUT2D eigenvalue weighted by molar-refractivity contribution is 6.22. The molecule has 1 aromatic rings. The van der Waals surface area contributed by atoms with Gasteiger partial charge in [0.1, 0.15) is 0 Å². The second kappa shape index (κ2) is 5.97. The van der Waals surface area contributed by atoms with E-state index >= 15 is 0 Å². The normalized spacial score (nSPS) is 19.5. The van der Waals surface area contributed by atoms with E-state index in [-0.39, 0.29) is 24.3 Å². The standard InChI is InChI=1S/C15H20N2O2/c1-3-4-10-16(2)13-11-14(18)17(15(13)19)12-8-6-5-7-9-12/h5-9,13H,3-4,10-11H2,1-2H3. The van der Waals surface area contributed by atoms with Crippen LogP contribution in [-0.2, 0) is 9.59 Å². The number of unbranched alkanes of at least 4 members (excludes halogenated alkanes) is 1. The van der Waals surface area contributed by atoms with E-state index in [1.54, 1.807) is 12.1 Å². The van der Waals surface area contributed by atoms with E-state index < -0.39 is 0 Å². The van der Waals surface area contributed by atoms with E-state index in [9.17, 15) is 9.59 Å². The van der Waals surface area contributed by atoms with Crippen molar-refractivity contribution < 1.29 is 9.59 Å². The zero-order chi connectivity index (χ0) is 13.8. The zero-order valence-corrected chi connectivity index (χ0v) is 11.5. The van der Waals surface area contributed by atoms with Crippen LogP contribution in [0.25, 0.3) is 0 Å². The van der Waals surface area contributed by atoms with Crippen molar-refractivity contribution in [1.29, 1.82) is 0 Å².